The van der Waals surface area contributed by atoms with Gasteiger partial charge in [0.2, 0.25) is 0 Å². The van der Waals surface area contributed by atoms with E-state index in [0.717, 1.165) is 0 Å². The third-order valence-electron chi connectivity index (χ3n) is 7.91. The molecule has 3 aliphatic heterocycles. The Labute approximate surface area is 230 Å². The second-order valence-electron chi connectivity index (χ2n) is 10.6. The fourth-order valence-electron chi connectivity index (χ4n) is 5.26. The van der Waals surface area contributed by atoms with Crippen molar-refractivity contribution in [2.75, 3.05) is 19.8 Å². The quantitative estimate of drug-likeness (QED) is 0.107. The van der Waals surface area contributed by atoms with Gasteiger partial charge in [-0.05, 0) is 6.42 Å². The van der Waals surface area contributed by atoms with E-state index in [4.69, 9.17) is 40.9 Å². The van der Waals surface area contributed by atoms with Crippen molar-refractivity contribution < 1.29 is 69.6 Å². The van der Waals surface area contributed by atoms with Crippen molar-refractivity contribution in [1.82, 2.24) is 0 Å². The molecule has 0 bridgehead atoms. The molecule has 0 amide bonds. The second kappa shape index (κ2) is 14.2. The molecule has 40 heavy (non-hydrogen) atoms. The maximum absolute atomic E-state index is 11.0. The van der Waals surface area contributed by atoms with Crippen molar-refractivity contribution in [3.8, 4) is 0 Å². The zero-order chi connectivity index (χ0) is 29.9. The first-order valence-corrected chi connectivity index (χ1v) is 13.4. The van der Waals surface area contributed by atoms with Crippen LogP contribution in [0.4, 0.5) is 0 Å². The first-order chi connectivity index (χ1) is 18.9. The van der Waals surface area contributed by atoms with E-state index in [1.807, 2.05) is 6.92 Å². The summed E-state index contributed by atoms with van der Waals surface area (Å²) in [7, 11) is 0. The van der Waals surface area contributed by atoms with E-state index >= 15 is 0 Å². The Balaban J connectivity index is 1.78. The van der Waals surface area contributed by atoms with Crippen LogP contribution in [0.1, 0.15) is 26.2 Å². The van der Waals surface area contributed by atoms with E-state index in [1.54, 1.807) is 0 Å². The van der Waals surface area contributed by atoms with E-state index in [1.165, 1.54) is 0 Å². The average molecular weight is 588 g/mol. The molecule has 0 aromatic rings. The van der Waals surface area contributed by atoms with E-state index < -0.39 is 117 Å². The van der Waals surface area contributed by atoms with Crippen LogP contribution in [0.2, 0.25) is 0 Å². The largest absolute Gasteiger partial charge is 0.394 e. The lowest BCUT2D eigenvalue weighted by Crippen LogP contribution is -2.73. The SMILES string of the molecule is CCCCC(O)[C@@]1(CO)O[C@H](OC2[C@@H](CO)O[C@@H](OC3[C@@H](CO)O[C@@H](O)[C@H](N)[C@H]3O)[C@H](N)[C@H]2O)[C@H](N)[C@@H](O)[C@@H]1O. The van der Waals surface area contributed by atoms with E-state index in [-0.39, 0.29) is 6.42 Å². The van der Waals surface area contributed by atoms with Gasteiger partial charge in [0.25, 0.3) is 0 Å². The lowest BCUT2D eigenvalue weighted by Gasteiger charge is -2.52. The van der Waals surface area contributed by atoms with Crippen LogP contribution in [0.25, 0.3) is 0 Å². The van der Waals surface area contributed by atoms with Crippen LogP contribution >= 0.6 is 0 Å². The van der Waals surface area contributed by atoms with E-state index in [2.05, 4.69) is 0 Å². The number of rotatable bonds is 11. The van der Waals surface area contributed by atoms with Crippen molar-refractivity contribution in [2.24, 2.45) is 17.2 Å². The summed E-state index contributed by atoms with van der Waals surface area (Å²) in [5.74, 6) is 0. The normalized spacial score (nSPS) is 49.1. The highest BCUT2D eigenvalue weighted by atomic mass is 16.7. The van der Waals surface area contributed by atoms with Gasteiger partial charge in [-0.25, -0.2) is 0 Å². The highest BCUT2D eigenvalue weighted by Crippen LogP contribution is 2.36. The Hall–Kier alpha value is -0.680. The van der Waals surface area contributed by atoms with Crippen LogP contribution in [-0.2, 0) is 23.7 Å². The summed E-state index contributed by atoms with van der Waals surface area (Å²) in [5.41, 5.74) is 15.8. The Bertz CT molecular complexity index is 785. The molecular formula is C23H45N3O14. The van der Waals surface area contributed by atoms with Gasteiger partial charge in [-0.3, -0.25) is 0 Å². The Morgan fingerprint density at radius 2 is 1.30 bits per heavy atom. The van der Waals surface area contributed by atoms with Gasteiger partial charge in [0, 0.05) is 0 Å². The Morgan fingerprint density at radius 1 is 0.775 bits per heavy atom. The van der Waals surface area contributed by atoms with Gasteiger partial charge in [0.15, 0.2) is 18.9 Å². The molecule has 236 valence electrons. The van der Waals surface area contributed by atoms with Crippen LogP contribution < -0.4 is 17.2 Å². The van der Waals surface area contributed by atoms with Crippen molar-refractivity contribution >= 4 is 0 Å². The number of aliphatic hydroxyl groups excluding tert-OH is 9. The topological polar surface area (TPSA) is 306 Å². The molecule has 3 rings (SSSR count). The van der Waals surface area contributed by atoms with E-state index in [9.17, 15) is 46.0 Å². The molecule has 0 spiro atoms. The average Bonchev–Trinajstić information content (AvgIpc) is 2.95. The highest BCUT2D eigenvalue weighted by molar-refractivity contribution is 5.06. The molecule has 17 heteroatoms. The molecule has 0 saturated carbocycles. The number of aliphatic hydroxyl groups is 9. The summed E-state index contributed by atoms with van der Waals surface area (Å²) >= 11 is 0. The molecule has 0 aliphatic carbocycles. The number of ether oxygens (including phenoxy) is 5. The third kappa shape index (κ3) is 6.46. The van der Waals surface area contributed by atoms with Gasteiger partial charge in [-0.15, -0.1) is 0 Å². The molecule has 3 fully saturated rings. The predicted octanol–water partition coefficient (Wildman–Crippen LogP) is -6.75. The van der Waals surface area contributed by atoms with E-state index in [0.29, 0.717) is 12.8 Å². The van der Waals surface area contributed by atoms with Gasteiger partial charge >= 0.3 is 0 Å². The smallest absolute Gasteiger partial charge is 0.176 e. The van der Waals surface area contributed by atoms with Crippen LogP contribution in [0.15, 0.2) is 0 Å². The summed E-state index contributed by atoms with van der Waals surface area (Å²) < 4.78 is 28.1. The van der Waals surface area contributed by atoms with Crippen molar-refractivity contribution in [3.63, 3.8) is 0 Å². The van der Waals surface area contributed by atoms with Crippen LogP contribution in [0, 0.1) is 0 Å². The fraction of sp³-hybridized carbons (Fsp3) is 1.00. The maximum atomic E-state index is 11.0. The van der Waals surface area contributed by atoms with Gasteiger partial charge in [-0.2, -0.15) is 0 Å². The molecule has 3 saturated heterocycles. The maximum Gasteiger partial charge on any atom is 0.176 e. The Kier molecular flexibility index (Phi) is 12.0. The number of unbranched alkanes of at least 4 members (excludes halogenated alkanes) is 1. The van der Waals surface area contributed by atoms with Crippen LogP contribution in [0.5, 0.6) is 0 Å². The second-order valence-corrected chi connectivity index (χ2v) is 10.6. The summed E-state index contributed by atoms with van der Waals surface area (Å²) in [4.78, 5) is 0. The summed E-state index contributed by atoms with van der Waals surface area (Å²) in [5, 5.41) is 93.2. The molecule has 3 aliphatic rings. The number of hydrogen-bond acceptors (Lipinski definition) is 17. The first-order valence-electron chi connectivity index (χ1n) is 13.4. The summed E-state index contributed by atoms with van der Waals surface area (Å²) in [6, 6.07) is -4.11. The molecule has 0 aromatic heterocycles. The Morgan fingerprint density at radius 3 is 1.85 bits per heavy atom. The third-order valence-corrected chi connectivity index (χ3v) is 7.91. The van der Waals surface area contributed by atoms with Crippen molar-refractivity contribution in [1.29, 1.82) is 0 Å². The molecular weight excluding hydrogens is 542 g/mol. The first kappa shape index (κ1) is 33.8. The lowest BCUT2D eigenvalue weighted by molar-refractivity contribution is -0.369. The monoisotopic (exact) mass is 587 g/mol. The van der Waals surface area contributed by atoms with Gasteiger partial charge in [0.1, 0.15) is 54.4 Å². The number of nitrogens with two attached hydrogens (primary N) is 3. The molecule has 3 heterocycles. The molecule has 3 unspecified atom stereocenters. The molecule has 16 atom stereocenters. The minimum atomic E-state index is -2.07. The van der Waals surface area contributed by atoms with Crippen molar-refractivity contribution in [2.45, 2.75) is 124 Å². The molecule has 15 N–H and O–H groups in total. The minimum Gasteiger partial charge on any atom is -0.394 e. The summed E-state index contributed by atoms with van der Waals surface area (Å²) in [6.07, 6.45) is -16.8. The van der Waals surface area contributed by atoms with Gasteiger partial charge < -0.3 is 86.8 Å². The zero-order valence-electron chi connectivity index (χ0n) is 22.2. The predicted molar refractivity (Wildman–Crippen MR) is 132 cm³/mol. The lowest BCUT2D eigenvalue weighted by atomic mass is 9.80. The molecule has 0 radical (unpaired) electrons. The standard InChI is InChI=1S/C23H45N3O14/c1-2-3-4-10(30)23(7-29)19(34)16(33)13(26)22(40-23)39-18-9(6-28)37-21(12(25)15(18)32)38-17-8(5-27)36-20(35)11(24)14(17)31/h8-22,27-35H,2-7,24-26H2,1H3/t8-,9-,10?,11-,12-,13-,14-,15-,16-,17?,18?,19+,20-,21+,22+,23-/m1/s1. The summed E-state index contributed by atoms with van der Waals surface area (Å²) in [6.45, 7) is -0.458. The van der Waals surface area contributed by atoms with Gasteiger partial charge in [-0.1, -0.05) is 19.8 Å². The molecule has 0 aromatic carbocycles. The van der Waals surface area contributed by atoms with Gasteiger partial charge in [0.05, 0.1) is 44.1 Å². The van der Waals surface area contributed by atoms with Crippen LogP contribution in [-0.4, -0.2) is 163 Å². The zero-order valence-corrected chi connectivity index (χ0v) is 22.2. The van der Waals surface area contributed by atoms with Crippen LogP contribution in [0.3, 0.4) is 0 Å². The fourth-order valence-corrected chi connectivity index (χ4v) is 5.26. The van der Waals surface area contributed by atoms with Crippen molar-refractivity contribution in [3.05, 3.63) is 0 Å². The molecule has 17 nitrogen and oxygen atoms in total. The number of hydrogen-bond donors (Lipinski definition) is 12. The minimum absolute atomic E-state index is 0.118. The highest BCUT2D eigenvalue weighted by Gasteiger charge is 2.58.